The van der Waals surface area contributed by atoms with E-state index in [4.69, 9.17) is 5.11 Å². The van der Waals surface area contributed by atoms with E-state index in [0.29, 0.717) is 5.56 Å². The molecule has 1 amide bonds. The van der Waals surface area contributed by atoms with Gasteiger partial charge in [-0.1, -0.05) is 0 Å². The lowest BCUT2D eigenvalue weighted by Crippen LogP contribution is -2.25. The Bertz CT molecular complexity index is 396. The molecule has 1 aliphatic carbocycles. The maximum atomic E-state index is 11.5. The highest BCUT2D eigenvalue weighted by Crippen LogP contribution is 2.19. The molecule has 0 unspecified atom stereocenters. The second-order valence-corrected chi connectivity index (χ2v) is 3.49. The Kier molecular flexibility index (Phi) is 2.37. The first kappa shape index (κ1) is 9.64. The number of hydrogen-bond donors (Lipinski definition) is 2. The van der Waals surface area contributed by atoms with Gasteiger partial charge in [0.05, 0.1) is 5.56 Å². The van der Waals surface area contributed by atoms with Crippen LogP contribution in [0.15, 0.2) is 18.3 Å². The quantitative estimate of drug-likeness (QED) is 0.761. The Morgan fingerprint density at radius 3 is 2.60 bits per heavy atom. The summed E-state index contributed by atoms with van der Waals surface area (Å²) in [6.07, 6.45) is 3.32. The number of nitrogens with one attached hydrogen (secondary N) is 1. The van der Waals surface area contributed by atoms with Crippen molar-refractivity contribution in [2.75, 3.05) is 0 Å². The molecule has 0 spiro atoms. The van der Waals surface area contributed by atoms with Gasteiger partial charge in [-0.2, -0.15) is 0 Å². The van der Waals surface area contributed by atoms with Crippen molar-refractivity contribution in [3.8, 4) is 0 Å². The van der Waals surface area contributed by atoms with E-state index in [1.54, 1.807) is 0 Å². The van der Waals surface area contributed by atoms with Crippen LogP contribution in [0.25, 0.3) is 0 Å². The van der Waals surface area contributed by atoms with Gasteiger partial charge in [-0.25, -0.2) is 9.78 Å². The standard InChI is InChI=1S/C10H10N2O3/c13-9(12-7-2-3-7)6-1-4-8(10(14)15)11-5-6/h1,4-5,7H,2-3H2,(H,12,13)(H,14,15). The molecule has 2 rings (SSSR count). The van der Waals surface area contributed by atoms with E-state index >= 15 is 0 Å². The van der Waals surface area contributed by atoms with Gasteiger partial charge in [-0.15, -0.1) is 0 Å². The molecule has 0 saturated heterocycles. The number of aromatic carboxylic acids is 1. The van der Waals surface area contributed by atoms with E-state index in [0.717, 1.165) is 12.8 Å². The molecular formula is C10H10N2O3. The summed E-state index contributed by atoms with van der Waals surface area (Å²) in [6, 6.07) is 3.08. The van der Waals surface area contributed by atoms with Crippen LogP contribution >= 0.6 is 0 Å². The molecule has 1 aromatic heterocycles. The second-order valence-electron chi connectivity index (χ2n) is 3.49. The molecule has 0 bridgehead atoms. The lowest BCUT2D eigenvalue weighted by molar-refractivity contribution is 0.0689. The zero-order valence-corrected chi connectivity index (χ0v) is 7.93. The van der Waals surface area contributed by atoms with E-state index in [1.165, 1.54) is 18.3 Å². The van der Waals surface area contributed by atoms with E-state index in [9.17, 15) is 9.59 Å². The smallest absolute Gasteiger partial charge is 0.354 e. The minimum atomic E-state index is -1.09. The number of aromatic nitrogens is 1. The van der Waals surface area contributed by atoms with Crippen molar-refractivity contribution < 1.29 is 14.7 Å². The van der Waals surface area contributed by atoms with Crippen LogP contribution in [0.4, 0.5) is 0 Å². The van der Waals surface area contributed by atoms with Gasteiger partial charge in [-0.3, -0.25) is 4.79 Å². The highest BCUT2D eigenvalue weighted by atomic mass is 16.4. The van der Waals surface area contributed by atoms with Gasteiger partial charge in [0, 0.05) is 12.2 Å². The van der Waals surface area contributed by atoms with Crippen LogP contribution in [0.2, 0.25) is 0 Å². The minimum Gasteiger partial charge on any atom is -0.477 e. The number of pyridine rings is 1. The van der Waals surface area contributed by atoms with E-state index < -0.39 is 5.97 Å². The van der Waals surface area contributed by atoms with Crippen LogP contribution in [0.1, 0.15) is 33.7 Å². The normalized spacial score (nSPS) is 14.7. The molecular weight excluding hydrogens is 196 g/mol. The number of carboxylic acids is 1. The average Bonchev–Trinajstić information content (AvgIpc) is 3.02. The summed E-state index contributed by atoms with van der Waals surface area (Å²) < 4.78 is 0. The molecule has 0 atom stereocenters. The maximum Gasteiger partial charge on any atom is 0.354 e. The molecule has 2 N–H and O–H groups in total. The van der Waals surface area contributed by atoms with Gasteiger partial charge in [-0.05, 0) is 25.0 Å². The zero-order chi connectivity index (χ0) is 10.8. The largest absolute Gasteiger partial charge is 0.477 e. The summed E-state index contributed by atoms with van der Waals surface area (Å²) >= 11 is 0. The summed E-state index contributed by atoms with van der Waals surface area (Å²) in [5, 5.41) is 11.4. The first-order chi connectivity index (χ1) is 7.16. The Balaban J connectivity index is 2.08. The molecule has 1 fully saturated rings. The molecule has 1 heterocycles. The topological polar surface area (TPSA) is 79.3 Å². The second kappa shape index (κ2) is 3.68. The highest BCUT2D eigenvalue weighted by Gasteiger charge is 2.23. The van der Waals surface area contributed by atoms with Crippen LogP contribution in [0, 0.1) is 0 Å². The van der Waals surface area contributed by atoms with E-state index in [2.05, 4.69) is 10.3 Å². The number of carbonyl (C=O) groups is 2. The first-order valence-electron chi connectivity index (χ1n) is 4.67. The fourth-order valence-electron chi connectivity index (χ4n) is 1.15. The fourth-order valence-corrected chi connectivity index (χ4v) is 1.15. The van der Waals surface area contributed by atoms with Crippen LogP contribution < -0.4 is 5.32 Å². The molecule has 0 radical (unpaired) electrons. The fraction of sp³-hybridized carbons (Fsp3) is 0.300. The predicted octanol–water partition coefficient (Wildman–Crippen LogP) is 0.672. The molecule has 1 aliphatic rings. The third-order valence-corrected chi connectivity index (χ3v) is 2.16. The van der Waals surface area contributed by atoms with Crippen molar-refractivity contribution in [3.63, 3.8) is 0 Å². The van der Waals surface area contributed by atoms with Gasteiger partial charge in [0.1, 0.15) is 5.69 Å². The van der Waals surface area contributed by atoms with Crippen molar-refractivity contribution in [2.45, 2.75) is 18.9 Å². The number of amides is 1. The van der Waals surface area contributed by atoms with Crippen molar-refractivity contribution >= 4 is 11.9 Å². The van der Waals surface area contributed by atoms with E-state index in [-0.39, 0.29) is 17.6 Å². The van der Waals surface area contributed by atoms with Gasteiger partial charge < -0.3 is 10.4 Å². The lowest BCUT2D eigenvalue weighted by Gasteiger charge is -2.02. The summed E-state index contributed by atoms with van der Waals surface area (Å²) in [6.45, 7) is 0. The Hall–Kier alpha value is -1.91. The summed E-state index contributed by atoms with van der Waals surface area (Å²) in [7, 11) is 0. The SMILES string of the molecule is O=C(NC1CC1)c1ccc(C(=O)O)nc1. The van der Waals surface area contributed by atoms with Gasteiger partial charge in [0.25, 0.3) is 5.91 Å². The van der Waals surface area contributed by atoms with Crippen LogP contribution in [-0.4, -0.2) is 28.0 Å². The maximum absolute atomic E-state index is 11.5. The highest BCUT2D eigenvalue weighted by molar-refractivity contribution is 5.95. The van der Waals surface area contributed by atoms with E-state index in [1.807, 2.05) is 0 Å². The van der Waals surface area contributed by atoms with Crippen LogP contribution in [0.5, 0.6) is 0 Å². The molecule has 5 heteroatoms. The molecule has 1 aromatic rings. The van der Waals surface area contributed by atoms with Crippen molar-refractivity contribution in [3.05, 3.63) is 29.6 Å². The third kappa shape index (κ3) is 2.31. The first-order valence-corrected chi connectivity index (χ1v) is 4.67. The summed E-state index contributed by atoms with van der Waals surface area (Å²) in [4.78, 5) is 25.7. The molecule has 1 saturated carbocycles. The Morgan fingerprint density at radius 1 is 1.40 bits per heavy atom. The number of carboxylic acid groups (broad SMARTS) is 1. The van der Waals surface area contributed by atoms with Gasteiger partial charge in [0.15, 0.2) is 0 Å². The van der Waals surface area contributed by atoms with Crippen LogP contribution in [-0.2, 0) is 0 Å². The lowest BCUT2D eigenvalue weighted by atomic mass is 10.2. The number of carbonyl (C=O) groups excluding carboxylic acids is 1. The molecule has 15 heavy (non-hydrogen) atoms. The number of rotatable bonds is 3. The average molecular weight is 206 g/mol. The minimum absolute atomic E-state index is 0.0574. The zero-order valence-electron chi connectivity index (χ0n) is 7.93. The Labute approximate surface area is 86.1 Å². The third-order valence-electron chi connectivity index (χ3n) is 2.16. The van der Waals surface area contributed by atoms with Crippen molar-refractivity contribution in [2.24, 2.45) is 0 Å². The predicted molar refractivity (Wildman–Crippen MR) is 51.7 cm³/mol. The molecule has 78 valence electrons. The Morgan fingerprint density at radius 2 is 2.13 bits per heavy atom. The monoisotopic (exact) mass is 206 g/mol. The molecule has 0 aromatic carbocycles. The van der Waals surface area contributed by atoms with Gasteiger partial charge in [0.2, 0.25) is 0 Å². The number of hydrogen-bond acceptors (Lipinski definition) is 3. The summed E-state index contributed by atoms with van der Waals surface area (Å²) in [5.74, 6) is -1.29. The molecule has 0 aliphatic heterocycles. The van der Waals surface area contributed by atoms with Crippen molar-refractivity contribution in [1.82, 2.24) is 10.3 Å². The summed E-state index contributed by atoms with van der Waals surface area (Å²) in [5.41, 5.74) is 0.338. The van der Waals surface area contributed by atoms with Crippen molar-refractivity contribution in [1.29, 1.82) is 0 Å². The van der Waals surface area contributed by atoms with Crippen LogP contribution in [0.3, 0.4) is 0 Å². The van der Waals surface area contributed by atoms with Gasteiger partial charge >= 0.3 is 5.97 Å². The molecule has 5 nitrogen and oxygen atoms in total. The number of nitrogens with zero attached hydrogens (tertiary/aromatic N) is 1.